The number of ketones is 1. The summed E-state index contributed by atoms with van der Waals surface area (Å²) < 4.78 is 1.72. The number of hydrogen-bond acceptors (Lipinski definition) is 5. The molecule has 0 radical (unpaired) electrons. The third kappa shape index (κ3) is 3.14. The molecule has 0 aliphatic heterocycles. The van der Waals surface area contributed by atoms with Crippen LogP contribution in [0.3, 0.4) is 0 Å². The number of carbonyl (C=O) groups is 1. The summed E-state index contributed by atoms with van der Waals surface area (Å²) >= 11 is 1.37. The molecule has 27 heavy (non-hydrogen) atoms. The van der Waals surface area contributed by atoms with Crippen LogP contribution in [0.1, 0.15) is 28.4 Å². The molecule has 136 valence electrons. The van der Waals surface area contributed by atoms with Crippen molar-refractivity contribution in [3.8, 4) is 5.69 Å². The molecule has 2 aromatic carbocycles. The van der Waals surface area contributed by atoms with Crippen LogP contribution in [-0.2, 0) is 0 Å². The van der Waals surface area contributed by atoms with Gasteiger partial charge in [-0.25, -0.2) is 0 Å². The van der Waals surface area contributed by atoms with Gasteiger partial charge in [0, 0.05) is 22.7 Å². The third-order valence-corrected chi connectivity index (χ3v) is 5.63. The van der Waals surface area contributed by atoms with E-state index in [1.165, 1.54) is 11.8 Å². The van der Waals surface area contributed by atoms with Crippen LogP contribution in [0.4, 0.5) is 0 Å². The van der Waals surface area contributed by atoms with E-state index in [0.717, 1.165) is 27.7 Å². The number of tetrazole rings is 1. The summed E-state index contributed by atoms with van der Waals surface area (Å²) in [5, 5.41) is 13.3. The molecule has 0 bridgehead atoms. The summed E-state index contributed by atoms with van der Waals surface area (Å²) in [6.45, 7) is 5.94. The Balaban J connectivity index is 1.64. The molecule has 1 N–H and O–H groups in total. The van der Waals surface area contributed by atoms with Crippen molar-refractivity contribution in [2.45, 2.75) is 31.2 Å². The molecule has 4 aromatic rings. The van der Waals surface area contributed by atoms with Crippen molar-refractivity contribution >= 4 is 28.4 Å². The van der Waals surface area contributed by atoms with Gasteiger partial charge in [0.15, 0.2) is 5.78 Å². The van der Waals surface area contributed by atoms with E-state index in [1.807, 2.05) is 63.2 Å². The van der Waals surface area contributed by atoms with Crippen LogP contribution in [0.15, 0.2) is 53.8 Å². The molecule has 1 unspecified atom stereocenters. The number of aryl methyl sites for hydroxylation is 2. The Bertz CT molecular complexity index is 1110. The summed E-state index contributed by atoms with van der Waals surface area (Å²) in [5.41, 5.74) is 4.77. The van der Waals surface area contributed by atoms with Crippen LogP contribution in [0.2, 0.25) is 0 Å². The van der Waals surface area contributed by atoms with Crippen molar-refractivity contribution in [1.82, 2.24) is 25.2 Å². The fourth-order valence-electron chi connectivity index (χ4n) is 3.24. The second kappa shape index (κ2) is 7.00. The molecule has 1 atom stereocenters. The normalized spacial score (nSPS) is 12.4. The van der Waals surface area contributed by atoms with E-state index in [1.54, 1.807) is 10.9 Å². The molecule has 0 saturated heterocycles. The number of aromatic nitrogens is 5. The molecule has 0 saturated carbocycles. The number of nitrogens with one attached hydrogen (secondary N) is 1. The summed E-state index contributed by atoms with van der Waals surface area (Å²) in [6.07, 6.45) is 1.78. The molecular formula is C20H19N5OS. The highest BCUT2D eigenvalue weighted by molar-refractivity contribution is 8.00. The van der Waals surface area contributed by atoms with Gasteiger partial charge < -0.3 is 4.98 Å². The number of hydrogen-bond donors (Lipinski definition) is 1. The lowest BCUT2D eigenvalue weighted by atomic mass is 10.1. The molecule has 0 aliphatic carbocycles. The second-order valence-corrected chi connectivity index (χ2v) is 7.79. The average Bonchev–Trinajstić information content (AvgIpc) is 3.28. The van der Waals surface area contributed by atoms with Gasteiger partial charge in [0.05, 0.1) is 10.9 Å². The Morgan fingerprint density at radius 1 is 1.11 bits per heavy atom. The SMILES string of the molecule is Cc1cccc(C)c1-n1nnnc1SC(C)C(=O)c1c[nH]c2ccccc12. The summed E-state index contributed by atoms with van der Waals surface area (Å²) in [5.74, 6) is 0.0495. The first-order valence-corrected chi connectivity index (χ1v) is 9.56. The van der Waals surface area contributed by atoms with Crippen LogP contribution in [0, 0.1) is 13.8 Å². The van der Waals surface area contributed by atoms with E-state index in [0.29, 0.717) is 10.7 Å². The number of Topliss-reactive ketones (excluding diaryl/α,β-unsaturated/α-hetero) is 1. The minimum absolute atomic E-state index is 0.0495. The van der Waals surface area contributed by atoms with E-state index in [4.69, 9.17) is 0 Å². The van der Waals surface area contributed by atoms with Gasteiger partial charge in [-0.15, -0.1) is 5.10 Å². The molecule has 0 spiro atoms. The number of para-hydroxylation sites is 2. The quantitative estimate of drug-likeness (QED) is 0.418. The Morgan fingerprint density at radius 2 is 1.85 bits per heavy atom. The Hall–Kier alpha value is -2.93. The zero-order valence-electron chi connectivity index (χ0n) is 15.3. The van der Waals surface area contributed by atoms with Crippen molar-refractivity contribution in [3.05, 3.63) is 65.4 Å². The number of fused-ring (bicyclic) bond motifs is 1. The van der Waals surface area contributed by atoms with Gasteiger partial charge in [0.25, 0.3) is 0 Å². The maximum absolute atomic E-state index is 13.0. The molecule has 4 rings (SSSR count). The topological polar surface area (TPSA) is 76.5 Å². The number of nitrogens with zero attached hydrogens (tertiary/aromatic N) is 4. The molecule has 0 fully saturated rings. The molecule has 0 aliphatic rings. The maximum atomic E-state index is 13.0. The average molecular weight is 377 g/mol. The molecule has 2 heterocycles. The molecule has 7 heteroatoms. The van der Waals surface area contributed by atoms with Crippen molar-refractivity contribution in [2.24, 2.45) is 0 Å². The molecule has 2 aromatic heterocycles. The van der Waals surface area contributed by atoms with E-state index in [9.17, 15) is 4.79 Å². The lowest BCUT2D eigenvalue weighted by Crippen LogP contribution is -2.14. The first-order chi connectivity index (χ1) is 13.1. The van der Waals surface area contributed by atoms with Crippen molar-refractivity contribution in [3.63, 3.8) is 0 Å². The van der Waals surface area contributed by atoms with E-state index in [2.05, 4.69) is 20.5 Å². The zero-order chi connectivity index (χ0) is 19.0. The predicted molar refractivity (Wildman–Crippen MR) is 107 cm³/mol. The largest absolute Gasteiger partial charge is 0.360 e. The first kappa shape index (κ1) is 17.5. The zero-order valence-corrected chi connectivity index (χ0v) is 16.1. The van der Waals surface area contributed by atoms with E-state index in [-0.39, 0.29) is 11.0 Å². The highest BCUT2D eigenvalue weighted by atomic mass is 32.2. The van der Waals surface area contributed by atoms with Gasteiger partial charge in [-0.05, 0) is 48.4 Å². The molecule has 6 nitrogen and oxygen atoms in total. The van der Waals surface area contributed by atoms with Crippen molar-refractivity contribution in [2.75, 3.05) is 0 Å². The summed E-state index contributed by atoms with van der Waals surface area (Å²) in [7, 11) is 0. The van der Waals surface area contributed by atoms with E-state index >= 15 is 0 Å². The number of H-pyrrole nitrogens is 1. The molecule has 0 amide bonds. The van der Waals surface area contributed by atoms with Crippen LogP contribution in [-0.4, -0.2) is 36.2 Å². The minimum atomic E-state index is -0.321. The molecular weight excluding hydrogens is 358 g/mol. The van der Waals surface area contributed by atoms with E-state index < -0.39 is 0 Å². The van der Waals surface area contributed by atoms with Gasteiger partial charge in [-0.1, -0.05) is 48.2 Å². The van der Waals surface area contributed by atoms with Gasteiger partial charge in [-0.2, -0.15) is 4.68 Å². The number of carbonyl (C=O) groups excluding carboxylic acids is 1. The second-order valence-electron chi connectivity index (χ2n) is 6.49. The Kier molecular flexibility index (Phi) is 4.53. The third-order valence-electron chi connectivity index (χ3n) is 4.60. The number of thioether (sulfide) groups is 1. The van der Waals surface area contributed by atoms with Crippen LogP contribution in [0.25, 0.3) is 16.6 Å². The van der Waals surface area contributed by atoms with Gasteiger partial charge in [0.1, 0.15) is 0 Å². The van der Waals surface area contributed by atoms with Crippen molar-refractivity contribution in [1.29, 1.82) is 0 Å². The van der Waals surface area contributed by atoms with Crippen LogP contribution in [0.5, 0.6) is 0 Å². The Labute approximate surface area is 161 Å². The highest BCUT2D eigenvalue weighted by Crippen LogP contribution is 2.29. The highest BCUT2D eigenvalue weighted by Gasteiger charge is 2.23. The van der Waals surface area contributed by atoms with Gasteiger partial charge >= 0.3 is 0 Å². The van der Waals surface area contributed by atoms with Gasteiger partial charge in [0.2, 0.25) is 5.16 Å². The first-order valence-electron chi connectivity index (χ1n) is 8.68. The lowest BCUT2D eigenvalue weighted by molar-refractivity contribution is 0.0995. The monoisotopic (exact) mass is 377 g/mol. The number of rotatable bonds is 5. The van der Waals surface area contributed by atoms with Crippen molar-refractivity contribution < 1.29 is 4.79 Å². The lowest BCUT2D eigenvalue weighted by Gasteiger charge is -2.12. The summed E-state index contributed by atoms with van der Waals surface area (Å²) in [4.78, 5) is 16.2. The number of aromatic amines is 1. The number of benzene rings is 2. The van der Waals surface area contributed by atoms with Crippen LogP contribution >= 0.6 is 11.8 Å². The van der Waals surface area contributed by atoms with Gasteiger partial charge in [-0.3, -0.25) is 4.79 Å². The fourth-order valence-corrected chi connectivity index (χ4v) is 4.10. The Morgan fingerprint density at radius 3 is 2.63 bits per heavy atom. The summed E-state index contributed by atoms with van der Waals surface area (Å²) in [6, 6.07) is 13.9. The smallest absolute Gasteiger partial charge is 0.214 e. The predicted octanol–water partition coefficient (Wildman–Crippen LogP) is 4.12. The minimum Gasteiger partial charge on any atom is -0.360 e. The maximum Gasteiger partial charge on any atom is 0.214 e. The fraction of sp³-hybridized carbons (Fsp3) is 0.200. The van der Waals surface area contributed by atoms with Crippen LogP contribution < -0.4 is 0 Å². The standard InChI is InChI=1S/C20H19N5OS/c1-12-7-6-8-13(2)18(12)25-20(22-23-24-25)27-14(3)19(26)16-11-21-17-10-5-4-9-15(16)17/h4-11,14,21H,1-3H3.